The van der Waals surface area contributed by atoms with Crippen LogP contribution in [0.3, 0.4) is 0 Å². The summed E-state index contributed by atoms with van der Waals surface area (Å²) < 4.78 is 61.9. The molecule has 2 unspecified atom stereocenters. The van der Waals surface area contributed by atoms with Crippen LogP contribution in [0.4, 0.5) is 5.82 Å². The molecule has 3 rings (SSSR count). The second-order valence-electron chi connectivity index (χ2n) is 13.1. The number of anilines is 1. The zero-order valence-electron chi connectivity index (χ0n) is 29.9. The van der Waals surface area contributed by atoms with Crippen LogP contribution >= 0.6 is 35.2 Å². The Morgan fingerprint density at radius 1 is 1.02 bits per heavy atom. The number of ether oxygens (including phenoxy) is 1. The van der Waals surface area contributed by atoms with E-state index in [1.54, 1.807) is 0 Å². The van der Waals surface area contributed by atoms with Gasteiger partial charge >= 0.3 is 29.4 Å². The summed E-state index contributed by atoms with van der Waals surface area (Å²) in [4.78, 5) is 98.6. The van der Waals surface area contributed by atoms with Crippen LogP contribution in [-0.2, 0) is 55.5 Å². The largest absolute Gasteiger partial charge is 0.481 e. The second-order valence-corrected chi connectivity index (χ2v) is 18.4. The lowest BCUT2D eigenvalue weighted by Gasteiger charge is -2.30. The molecule has 0 spiro atoms. The van der Waals surface area contributed by atoms with Crippen molar-refractivity contribution in [1.29, 1.82) is 0 Å². The lowest BCUT2D eigenvalue weighted by atomic mass is 9.87. The van der Waals surface area contributed by atoms with Crippen molar-refractivity contribution in [3.05, 3.63) is 12.7 Å². The van der Waals surface area contributed by atoms with Crippen LogP contribution in [0.2, 0.25) is 0 Å². The van der Waals surface area contributed by atoms with E-state index in [2.05, 4.69) is 34.4 Å². The van der Waals surface area contributed by atoms with Crippen LogP contribution in [0.25, 0.3) is 11.2 Å². The molecule has 1 fully saturated rings. The number of amides is 2. The highest BCUT2D eigenvalue weighted by atomic mass is 32.2. The Labute approximate surface area is 321 Å². The Morgan fingerprint density at radius 2 is 1.66 bits per heavy atom. The van der Waals surface area contributed by atoms with Crippen molar-refractivity contribution >= 4 is 75.1 Å². The summed E-state index contributed by atoms with van der Waals surface area (Å²) >= 11 is 0.725. The van der Waals surface area contributed by atoms with E-state index >= 15 is 0 Å². The summed E-state index contributed by atoms with van der Waals surface area (Å²) in [5.74, 6) is -2.84. The van der Waals surface area contributed by atoms with Crippen LogP contribution in [0, 0.1) is 10.8 Å². The van der Waals surface area contributed by atoms with E-state index in [1.807, 2.05) is 0 Å². The minimum absolute atomic E-state index is 0.0147. The Bertz CT molecular complexity index is 1910. The fraction of sp³-hybridized carbons (Fsp3) is 0.654. The molecule has 7 atom stereocenters. The number of aliphatic carboxylic acids is 1. The summed E-state index contributed by atoms with van der Waals surface area (Å²) in [6, 6.07) is 0. The Kier molecular flexibility index (Phi) is 15.9. The number of hydrogen-bond donors (Lipinski definition) is 10. The van der Waals surface area contributed by atoms with Gasteiger partial charge in [0.05, 0.1) is 19.5 Å². The Balaban J connectivity index is 1.50. The molecule has 1 aliphatic heterocycles. The first-order valence-corrected chi connectivity index (χ1v) is 21.5. The van der Waals surface area contributed by atoms with E-state index < -0.39 is 101 Å². The third-order valence-corrected chi connectivity index (χ3v) is 12.1. The zero-order chi connectivity index (χ0) is 42.4. The van der Waals surface area contributed by atoms with Gasteiger partial charge in [-0.3, -0.25) is 37.3 Å². The van der Waals surface area contributed by atoms with E-state index in [9.17, 15) is 62.7 Å². The van der Waals surface area contributed by atoms with E-state index in [0.717, 1.165) is 29.0 Å². The van der Waals surface area contributed by atoms with Crippen molar-refractivity contribution < 1.29 is 90.4 Å². The van der Waals surface area contributed by atoms with Crippen molar-refractivity contribution in [2.75, 3.05) is 37.8 Å². The molecule has 0 aliphatic carbocycles. The number of nitrogen functional groups attached to an aromatic ring is 1. The topological polar surface area (TPSA) is 401 Å². The van der Waals surface area contributed by atoms with Crippen molar-refractivity contribution in [1.82, 2.24) is 30.2 Å². The summed E-state index contributed by atoms with van der Waals surface area (Å²) in [6.07, 6.45) is -7.14. The van der Waals surface area contributed by atoms with Gasteiger partial charge in [-0.15, -0.1) is 0 Å². The number of hydrogen-bond acceptors (Lipinski definition) is 19. The number of phosphoric acid groups is 3. The summed E-state index contributed by atoms with van der Waals surface area (Å²) in [5.41, 5.74) is 2.58. The molecule has 0 radical (unpaired) electrons. The number of carbonyl (C=O) groups is 4. The van der Waals surface area contributed by atoms with E-state index in [1.165, 1.54) is 27.7 Å². The quantitative estimate of drug-likeness (QED) is 0.0399. The number of carbonyl (C=O) groups excluding carboxylic acids is 3. The van der Waals surface area contributed by atoms with E-state index in [-0.39, 0.29) is 42.2 Å². The number of aliphatic hydroxyl groups is 2. The number of carboxylic acid groups (broad SMARTS) is 1. The standard InChI is InChI=1S/C26H42N7O19P3S/c1-25(2,18(36)21(37)29-6-5-14(34)28-7-8-56-24(40)26(3,4)23(38)39)10-49-55(46,47)52-54(44,45)48-9-13-17(51-53(41,42)43)16(35)22(50-13)33-12-32-15-19(27)30-11-31-20(15)33/h11-13,16-18,22,35-36H,5-10H2,1-4H3,(H,28,34)(H,29,37)(H,38,39)(H,44,45)(H,46,47)(H2,27,30,31)(H2,41,42,43)/t13-,16-,17-,18+,22-/m1/s1. The minimum atomic E-state index is -5.59. The summed E-state index contributed by atoms with van der Waals surface area (Å²) in [5, 5.41) is 34.6. The molecule has 30 heteroatoms. The number of phosphoric ester groups is 3. The van der Waals surface area contributed by atoms with Crippen LogP contribution in [0.5, 0.6) is 0 Å². The number of nitrogens with two attached hydrogens (primary N) is 1. The number of rotatable bonds is 21. The molecule has 11 N–H and O–H groups in total. The molecule has 316 valence electrons. The smallest absolute Gasteiger partial charge is 0.480 e. The number of imidazole rings is 1. The average molecular weight is 882 g/mol. The van der Waals surface area contributed by atoms with Crippen LogP contribution in [-0.4, -0.2) is 134 Å². The average Bonchev–Trinajstić information content (AvgIpc) is 3.64. The van der Waals surface area contributed by atoms with Crippen LogP contribution in [0.15, 0.2) is 12.7 Å². The Morgan fingerprint density at radius 3 is 2.29 bits per heavy atom. The molecule has 56 heavy (non-hydrogen) atoms. The summed E-state index contributed by atoms with van der Waals surface area (Å²) in [6.45, 7) is 2.60. The van der Waals surface area contributed by atoms with Crippen molar-refractivity contribution in [3.8, 4) is 0 Å². The van der Waals surface area contributed by atoms with Gasteiger partial charge in [0.15, 0.2) is 17.7 Å². The highest BCUT2D eigenvalue weighted by Crippen LogP contribution is 2.61. The van der Waals surface area contributed by atoms with Gasteiger partial charge in [0.2, 0.25) is 16.9 Å². The highest BCUT2D eigenvalue weighted by molar-refractivity contribution is 8.13. The molecule has 2 aromatic heterocycles. The number of aromatic nitrogens is 4. The van der Waals surface area contributed by atoms with E-state index in [0.29, 0.717) is 0 Å². The molecule has 26 nitrogen and oxygen atoms in total. The number of carboxylic acids is 1. The fourth-order valence-electron chi connectivity index (χ4n) is 4.54. The maximum Gasteiger partial charge on any atom is 0.481 e. The minimum Gasteiger partial charge on any atom is -0.480 e. The number of aliphatic hydroxyl groups excluding tert-OH is 2. The monoisotopic (exact) mass is 881 g/mol. The predicted octanol–water partition coefficient (Wildman–Crippen LogP) is -1.22. The van der Waals surface area contributed by atoms with Gasteiger partial charge in [-0.1, -0.05) is 25.6 Å². The normalized spacial score (nSPS) is 21.9. The van der Waals surface area contributed by atoms with Crippen molar-refractivity contribution in [3.63, 3.8) is 0 Å². The first-order chi connectivity index (χ1) is 25.7. The molecular weight excluding hydrogens is 839 g/mol. The first-order valence-electron chi connectivity index (χ1n) is 16.0. The number of thioether (sulfide) groups is 1. The van der Waals surface area contributed by atoms with Gasteiger partial charge in [-0.25, -0.2) is 28.6 Å². The van der Waals surface area contributed by atoms with Gasteiger partial charge in [0.25, 0.3) is 0 Å². The molecule has 0 aromatic carbocycles. The van der Waals surface area contributed by atoms with Crippen LogP contribution in [0.1, 0.15) is 40.3 Å². The van der Waals surface area contributed by atoms with Crippen molar-refractivity contribution in [2.45, 2.75) is 64.8 Å². The summed E-state index contributed by atoms with van der Waals surface area (Å²) in [7, 11) is -16.5. The predicted molar refractivity (Wildman–Crippen MR) is 189 cm³/mol. The first kappa shape index (κ1) is 47.4. The molecule has 1 saturated heterocycles. The number of fused-ring (bicyclic) bond motifs is 1. The molecule has 2 amide bonds. The highest BCUT2D eigenvalue weighted by Gasteiger charge is 2.50. The SMILES string of the molecule is CC(C)(C(=O)O)C(=O)SCCNC(=O)CCNC(=O)[C@H](O)C(C)(C)COP(=O)(O)OP(=O)(O)OC[C@H]1O[C@@H](n2cnc3c(N)ncnc32)[C@H](O)[C@@H]1OP(=O)(O)O. The second kappa shape index (κ2) is 18.7. The molecular formula is C26H42N7O19P3S. The lowest BCUT2D eigenvalue weighted by molar-refractivity contribution is -0.150. The van der Waals surface area contributed by atoms with Gasteiger partial charge < -0.3 is 56.0 Å². The van der Waals surface area contributed by atoms with Gasteiger partial charge in [0.1, 0.15) is 41.7 Å². The third kappa shape index (κ3) is 13.0. The number of nitrogens with one attached hydrogen (secondary N) is 2. The molecule has 3 heterocycles. The van der Waals surface area contributed by atoms with Crippen molar-refractivity contribution in [2.24, 2.45) is 10.8 Å². The molecule has 0 bridgehead atoms. The maximum atomic E-state index is 12.7. The fourth-order valence-corrected chi connectivity index (χ4v) is 8.21. The maximum absolute atomic E-state index is 12.7. The van der Waals surface area contributed by atoms with Gasteiger partial charge in [-0.05, 0) is 13.8 Å². The third-order valence-electron chi connectivity index (χ3n) is 7.78. The lowest BCUT2D eigenvalue weighted by Crippen LogP contribution is -2.46. The number of nitrogens with zero attached hydrogens (tertiary/aromatic N) is 4. The Hall–Kier alpha value is -2.97. The van der Waals surface area contributed by atoms with Gasteiger partial charge in [-0.2, -0.15) is 4.31 Å². The van der Waals surface area contributed by atoms with Gasteiger partial charge in [0, 0.05) is 30.7 Å². The molecule has 1 aliphatic rings. The zero-order valence-corrected chi connectivity index (χ0v) is 33.4. The van der Waals surface area contributed by atoms with E-state index in [4.69, 9.17) is 24.6 Å². The molecule has 0 saturated carbocycles. The molecule has 2 aromatic rings. The van der Waals surface area contributed by atoms with Crippen LogP contribution < -0.4 is 16.4 Å².